The van der Waals surface area contributed by atoms with Gasteiger partial charge in [-0.2, -0.15) is 0 Å². The normalized spacial score (nSPS) is 21.1. The van der Waals surface area contributed by atoms with Gasteiger partial charge in [0.05, 0.1) is 0 Å². The molecule has 0 aromatic heterocycles. The number of hydrogen-bond acceptors (Lipinski definition) is 3. The highest BCUT2D eigenvalue weighted by molar-refractivity contribution is 5.50. The van der Waals surface area contributed by atoms with E-state index in [1.807, 2.05) is 6.07 Å². The summed E-state index contributed by atoms with van der Waals surface area (Å²) in [7, 11) is 0. The lowest BCUT2D eigenvalue weighted by atomic mass is 10.0. The molecule has 1 aliphatic carbocycles. The molecule has 0 amide bonds. The zero-order valence-corrected chi connectivity index (χ0v) is 8.07. The number of fused-ring (bicyclic) bond motifs is 1. The molecule has 2 N–H and O–H groups in total. The van der Waals surface area contributed by atoms with Crippen LogP contribution in [0.25, 0.3) is 0 Å². The summed E-state index contributed by atoms with van der Waals surface area (Å²) in [5.74, 6) is 0. The second-order valence-electron chi connectivity index (χ2n) is 3.84. The first kappa shape index (κ1) is 9.34. The molecule has 0 saturated carbocycles. The second kappa shape index (κ2) is 3.88. The zero-order valence-electron chi connectivity index (χ0n) is 8.07. The van der Waals surface area contributed by atoms with Crippen molar-refractivity contribution in [1.29, 1.82) is 0 Å². The quantitative estimate of drug-likeness (QED) is 0.545. The Labute approximate surface area is 83.3 Å². The zero-order chi connectivity index (χ0) is 9.97. The summed E-state index contributed by atoms with van der Waals surface area (Å²) in [6, 6.07) is 6.01. The number of nitrogens with two attached hydrogens (primary N) is 1. The lowest BCUT2D eigenvalue weighted by Gasteiger charge is -2.05. The molecule has 0 fully saturated rings. The van der Waals surface area contributed by atoms with Gasteiger partial charge in [-0.3, -0.25) is 0 Å². The molecule has 1 aromatic carbocycles. The number of benzene rings is 1. The van der Waals surface area contributed by atoms with E-state index in [0.29, 0.717) is 5.69 Å². The van der Waals surface area contributed by atoms with Crippen molar-refractivity contribution in [2.24, 2.45) is 10.9 Å². The fourth-order valence-corrected chi connectivity index (χ4v) is 2.04. The highest BCUT2D eigenvalue weighted by Gasteiger charge is 2.15. The van der Waals surface area contributed by atoms with Gasteiger partial charge in [0.25, 0.3) is 0 Å². The van der Waals surface area contributed by atoms with Gasteiger partial charge < -0.3 is 5.73 Å². The Morgan fingerprint density at radius 2 is 2.07 bits per heavy atom. The minimum Gasteiger partial charge on any atom is -0.328 e. The van der Waals surface area contributed by atoms with E-state index in [0.717, 1.165) is 31.2 Å². The number of aryl methyl sites for hydroxylation is 1. The van der Waals surface area contributed by atoms with Gasteiger partial charge in [0.15, 0.2) is 0 Å². The monoisotopic (exact) mass is 190 g/mol. The number of rotatable bonds is 1. The maximum Gasteiger partial charge on any atom is 0.111 e. The van der Waals surface area contributed by atoms with Crippen molar-refractivity contribution in [3.8, 4) is 0 Å². The first-order valence-corrected chi connectivity index (χ1v) is 5.01. The van der Waals surface area contributed by atoms with Crippen molar-refractivity contribution >= 4 is 5.69 Å². The minimum atomic E-state index is 0.266. The summed E-state index contributed by atoms with van der Waals surface area (Å²) in [6.07, 6.45) is 3.83. The van der Waals surface area contributed by atoms with Crippen LogP contribution in [0.5, 0.6) is 0 Å². The Morgan fingerprint density at radius 3 is 2.86 bits per heavy atom. The molecule has 74 valence electrons. The van der Waals surface area contributed by atoms with Crippen molar-refractivity contribution in [3.05, 3.63) is 34.2 Å². The van der Waals surface area contributed by atoms with Gasteiger partial charge in [0, 0.05) is 6.04 Å². The Balaban J connectivity index is 2.39. The molecule has 0 spiro atoms. The van der Waals surface area contributed by atoms with Gasteiger partial charge in [-0.15, -0.1) is 4.91 Å². The molecule has 1 aromatic rings. The van der Waals surface area contributed by atoms with Crippen LogP contribution in [0.15, 0.2) is 23.4 Å². The summed E-state index contributed by atoms with van der Waals surface area (Å²) in [5.41, 5.74) is 8.84. The average Bonchev–Trinajstić information content (AvgIpc) is 2.41. The van der Waals surface area contributed by atoms with E-state index in [1.54, 1.807) is 6.07 Å². The molecular weight excluding hydrogens is 176 g/mol. The second-order valence-corrected chi connectivity index (χ2v) is 3.84. The summed E-state index contributed by atoms with van der Waals surface area (Å²) >= 11 is 0. The Hall–Kier alpha value is -1.22. The maximum atomic E-state index is 10.6. The van der Waals surface area contributed by atoms with Crippen LogP contribution in [0.1, 0.15) is 24.0 Å². The lowest BCUT2D eigenvalue weighted by Crippen LogP contribution is -2.19. The molecule has 3 heteroatoms. The summed E-state index contributed by atoms with van der Waals surface area (Å²) < 4.78 is 0. The summed E-state index contributed by atoms with van der Waals surface area (Å²) in [5, 5.41) is 3.06. The van der Waals surface area contributed by atoms with Crippen LogP contribution >= 0.6 is 0 Å². The molecule has 1 aliphatic rings. The fraction of sp³-hybridized carbons (Fsp3) is 0.455. The number of hydrogen-bond donors (Lipinski definition) is 1. The Kier molecular flexibility index (Phi) is 2.59. The maximum absolute atomic E-state index is 10.6. The van der Waals surface area contributed by atoms with Crippen LogP contribution in [0.2, 0.25) is 0 Å². The van der Waals surface area contributed by atoms with E-state index in [4.69, 9.17) is 5.73 Å². The molecular formula is C11H14N2O. The van der Waals surface area contributed by atoms with Gasteiger partial charge >= 0.3 is 0 Å². The molecule has 0 aliphatic heterocycles. The molecule has 0 saturated heterocycles. The van der Waals surface area contributed by atoms with Crippen LogP contribution in [-0.4, -0.2) is 6.04 Å². The number of nitrogens with zero attached hydrogens (tertiary/aromatic N) is 1. The van der Waals surface area contributed by atoms with Crippen molar-refractivity contribution in [2.45, 2.75) is 31.7 Å². The van der Waals surface area contributed by atoms with Crippen LogP contribution in [0.3, 0.4) is 0 Å². The predicted molar refractivity (Wildman–Crippen MR) is 56.5 cm³/mol. The standard InChI is InChI=1S/C11H14N2O/c12-9-5-4-8-2-1-3-11(13-14)10(8)7-6-9/h1-3,9H,4-7,12H2. The van der Waals surface area contributed by atoms with Gasteiger partial charge in [-0.1, -0.05) is 12.1 Å². The van der Waals surface area contributed by atoms with E-state index >= 15 is 0 Å². The molecule has 14 heavy (non-hydrogen) atoms. The van der Waals surface area contributed by atoms with Crippen molar-refractivity contribution < 1.29 is 0 Å². The molecule has 0 bridgehead atoms. The molecule has 3 nitrogen and oxygen atoms in total. The smallest absolute Gasteiger partial charge is 0.111 e. The van der Waals surface area contributed by atoms with E-state index < -0.39 is 0 Å². The topological polar surface area (TPSA) is 55.4 Å². The third-order valence-electron chi connectivity index (χ3n) is 2.90. The summed E-state index contributed by atoms with van der Waals surface area (Å²) in [4.78, 5) is 10.6. The summed E-state index contributed by atoms with van der Waals surface area (Å²) in [6.45, 7) is 0. The Morgan fingerprint density at radius 1 is 1.29 bits per heavy atom. The lowest BCUT2D eigenvalue weighted by molar-refractivity contribution is 0.589. The fourth-order valence-electron chi connectivity index (χ4n) is 2.04. The SMILES string of the molecule is NC1CCc2cccc(N=O)c2CC1. The van der Waals surface area contributed by atoms with Crippen LogP contribution < -0.4 is 5.73 Å². The third kappa shape index (κ3) is 1.68. The molecule has 0 radical (unpaired) electrons. The van der Waals surface area contributed by atoms with Gasteiger partial charge in [0.2, 0.25) is 0 Å². The van der Waals surface area contributed by atoms with Crippen LogP contribution in [0, 0.1) is 4.91 Å². The van der Waals surface area contributed by atoms with E-state index in [2.05, 4.69) is 11.2 Å². The molecule has 1 unspecified atom stereocenters. The largest absolute Gasteiger partial charge is 0.328 e. The van der Waals surface area contributed by atoms with Crippen molar-refractivity contribution in [2.75, 3.05) is 0 Å². The highest BCUT2D eigenvalue weighted by Crippen LogP contribution is 2.28. The van der Waals surface area contributed by atoms with Crippen molar-refractivity contribution in [3.63, 3.8) is 0 Å². The van der Waals surface area contributed by atoms with E-state index in [9.17, 15) is 4.91 Å². The number of nitroso groups, excluding NO2 is 1. The van der Waals surface area contributed by atoms with E-state index in [1.165, 1.54) is 5.56 Å². The van der Waals surface area contributed by atoms with Crippen molar-refractivity contribution in [1.82, 2.24) is 0 Å². The highest BCUT2D eigenvalue weighted by atomic mass is 16.3. The van der Waals surface area contributed by atoms with E-state index in [-0.39, 0.29) is 6.04 Å². The van der Waals surface area contributed by atoms with Gasteiger partial charge in [-0.05, 0) is 48.1 Å². The predicted octanol–water partition coefficient (Wildman–Crippen LogP) is 2.29. The van der Waals surface area contributed by atoms with Crippen LogP contribution in [-0.2, 0) is 12.8 Å². The third-order valence-corrected chi connectivity index (χ3v) is 2.90. The molecule has 2 rings (SSSR count). The van der Waals surface area contributed by atoms with Gasteiger partial charge in [-0.25, -0.2) is 0 Å². The molecule has 1 atom stereocenters. The average molecular weight is 190 g/mol. The molecule has 0 heterocycles. The van der Waals surface area contributed by atoms with Crippen LogP contribution in [0.4, 0.5) is 5.69 Å². The minimum absolute atomic E-state index is 0.266. The van der Waals surface area contributed by atoms with Gasteiger partial charge in [0.1, 0.15) is 5.69 Å². The Bertz CT molecular complexity index is 349. The first-order valence-electron chi connectivity index (χ1n) is 5.01. The first-order chi connectivity index (χ1) is 6.81.